The fraction of sp³-hybridized carbons (Fsp3) is 0.192. The van der Waals surface area contributed by atoms with Gasteiger partial charge in [-0.1, -0.05) is 36.4 Å². The Labute approximate surface area is 202 Å². The molecule has 0 radical (unpaired) electrons. The summed E-state index contributed by atoms with van der Waals surface area (Å²) in [6.45, 7) is 3.58. The number of nitrogens with one attached hydrogen (secondary N) is 1. The number of ether oxygens (including phenoxy) is 2. The molecule has 0 spiro atoms. The van der Waals surface area contributed by atoms with Crippen LogP contribution in [-0.4, -0.2) is 25.0 Å². The van der Waals surface area contributed by atoms with Gasteiger partial charge in [0.25, 0.3) is 0 Å². The molecule has 0 saturated carbocycles. The molecule has 0 aliphatic carbocycles. The minimum Gasteiger partial charge on any atom is -0.493 e. The molecular formula is C26H26IN3O2. The first-order valence-corrected chi connectivity index (χ1v) is 11.5. The Hall–Kier alpha value is -3.00. The van der Waals surface area contributed by atoms with Crippen LogP contribution in [-0.2, 0) is 13.1 Å². The van der Waals surface area contributed by atoms with E-state index in [1.165, 1.54) is 25.7 Å². The van der Waals surface area contributed by atoms with Gasteiger partial charge in [-0.25, -0.2) is 0 Å². The predicted octanol–water partition coefficient (Wildman–Crippen LogP) is 5.74. The minimum atomic E-state index is 0.594. The molecule has 0 fully saturated rings. The quantitative estimate of drug-likeness (QED) is 0.177. The molecule has 1 heterocycles. The second-order valence-corrected chi connectivity index (χ2v) is 8.76. The molecule has 0 amide bonds. The summed E-state index contributed by atoms with van der Waals surface area (Å²) in [5, 5.41) is 5.72. The maximum absolute atomic E-state index is 5.38. The van der Waals surface area contributed by atoms with Gasteiger partial charge in [-0.3, -0.25) is 0 Å². The maximum atomic E-state index is 5.38. The van der Waals surface area contributed by atoms with Gasteiger partial charge in [-0.15, -0.1) is 0 Å². The Kier molecular flexibility index (Phi) is 6.99. The first kappa shape index (κ1) is 22.2. The van der Waals surface area contributed by atoms with E-state index in [2.05, 4.69) is 93.1 Å². The van der Waals surface area contributed by atoms with Crippen LogP contribution in [0.5, 0.6) is 11.5 Å². The van der Waals surface area contributed by atoms with Crippen molar-refractivity contribution < 1.29 is 9.47 Å². The summed E-state index contributed by atoms with van der Waals surface area (Å²) in [4.78, 5) is 0. The summed E-state index contributed by atoms with van der Waals surface area (Å²) < 4.78 is 14.3. The molecule has 0 unspecified atom stereocenters. The Morgan fingerprint density at radius 2 is 1.66 bits per heavy atom. The molecule has 0 aliphatic heterocycles. The Morgan fingerprint density at radius 3 is 2.41 bits per heavy atom. The van der Waals surface area contributed by atoms with Gasteiger partial charge in [-0.05, 0) is 71.0 Å². The maximum Gasteiger partial charge on any atom is 0.161 e. The highest BCUT2D eigenvalue weighted by Gasteiger charge is 2.12. The van der Waals surface area contributed by atoms with Gasteiger partial charge in [0.05, 0.1) is 27.0 Å². The molecule has 3 aromatic carbocycles. The van der Waals surface area contributed by atoms with E-state index in [1.54, 1.807) is 14.2 Å². The number of hydrazone groups is 1. The van der Waals surface area contributed by atoms with E-state index in [9.17, 15) is 0 Å². The van der Waals surface area contributed by atoms with E-state index >= 15 is 0 Å². The minimum absolute atomic E-state index is 0.594. The largest absolute Gasteiger partial charge is 0.493 e. The molecule has 0 aliphatic rings. The van der Waals surface area contributed by atoms with E-state index < -0.39 is 0 Å². The molecule has 32 heavy (non-hydrogen) atoms. The highest BCUT2D eigenvalue weighted by molar-refractivity contribution is 14.1. The Bertz CT molecular complexity index is 1250. The predicted molar refractivity (Wildman–Crippen MR) is 139 cm³/mol. The SMILES string of the molecule is COc1ccc(CN/N=C/c2c(C)n(Cc3ccc(I)cc3)c3ccccc23)cc1OC. The monoisotopic (exact) mass is 539 g/mol. The highest BCUT2D eigenvalue weighted by atomic mass is 127. The van der Waals surface area contributed by atoms with Crippen LogP contribution in [0.25, 0.3) is 10.9 Å². The van der Waals surface area contributed by atoms with E-state index in [0.29, 0.717) is 12.3 Å². The number of benzene rings is 3. The summed E-state index contributed by atoms with van der Waals surface area (Å²) in [6.07, 6.45) is 1.92. The number of fused-ring (bicyclic) bond motifs is 1. The second kappa shape index (κ2) is 10.1. The number of nitrogens with zero attached hydrogens (tertiary/aromatic N) is 2. The second-order valence-electron chi connectivity index (χ2n) is 7.51. The number of para-hydroxylation sites is 1. The zero-order chi connectivity index (χ0) is 22.5. The number of halogens is 1. The molecule has 0 saturated heterocycles. The van der Waals surface area contributed by atoms with Crippen molar-refractivity contribution in [3.8, 4) is 11.5 Å². The molecule has 164 valence electrons. The van der Waals surface area contributed by atoms with Gasteiger partial charge >= 0.3 is 0 Å². The molecule has 0 atom stereocenters. The van der Waals surface area contributed by atoms with Crippen molar-refractivity contribution in [2.75, 3.05) is 14.2 Å². The normalized spacial score (nSPS) is 11.2. The third-order valence-corrected chi connectivity index (χ3v) is 6.27. The van der Waals surface area contributed by atoms with Gasteiger partial charge in [0.2, 0.25) is 0 Å². The summed E-state index contributed by atoms with van der Waals surface area (Å²) in [6, 6.07) is 23.0. The van der Waals surface area contributed by atoms with E-state index in [-0.39, 0.29) is 0 Å². The van der Waals surface area contributed by atoms with Crippen LogP contribution in [0.2, 0.25) is 0 Å². The lowest BCUT2D eigenvalue weighted by atomic mass is 10.1. The van der Waals surface area contributed by atoms with Crippen molar-refractivity contribution in [2.24, 2.45) is 5.10 Å². The van der Waals surface area contributed by atoms with Gasteiger partial charge in [-0.2, -0.15) is 5.10 Å². The van der Waals surface area contributed by atoms with Crippen molar-refractivity contribution in [1.82, 2.24) is 9.99 Å². The molecule has 6 heteroatoms. The van der Waals surface area contributed by atoms with E-state index in [1.807, 2.05) is 24.4 Å². The molecule has 1 aromatic heterocycles. The summed E-state index contributed by atoms with van der Waals surface area (Å²) in [5.41, 5.74) is 9.05. The van der Waals surface area contributed by atoms with Crippen molar-refractivity contribution in [1.29, 1.82) is 0 Å². The van der Waals surface area contributed by atoms with Crippen LogP contribution in [0.3, 0.4) is 0 Å². The van der Waals surface area contributed by atoms with Crippen LogP contribution in [0.1, 0.15) is 22.4 Å². The smallest absolute Gasteiger partial charge is 0.161 e. The van der Waals surface area contributed by atoms with Crippen molar-refractivity contribution in [3.63, 3.8) is 0 Å². The van der Waals surface area contributed by atoms with Crippen LogP contribution < -0.4 is 14.9 Å². The zero-order valence-corrected chi connectivity index (χ0v) is 20.6. The fourth-order valence-corrected chi connectivity index (χ4v) is 4.19. The first-order valence-electron chi connectivity index (χ1n) is 10.4. The Balaban J connectivity index is 1.55. The van der Waals surface area contributed by atoms with Gasteiger partial charge in [0.1, 0.15) is 0 Å². The lowest BCUT2D eigenvalue weighted by molar-refractivity contribution is 0.354. The summed E-state index contributed by atoms with van der Waals surface area (Å²) in [5.74, 6) is 1.43. The zero-order valence-electron chi connectivity index (χ0n) is 18.4. The van der Waals surface area contributed by atoms with E-state index in [0.717, 1.165) is 23.4 Å². The topological polar surface area (TPSA) is 47.8 Å². The lowest BCUT2D eigenvalue weighted by Gasteiger charge is -2.09. The third-order valence-electron chi connectivity index (χ3n) is 5.55. The molecular weight excluding hydrogens is 513 g/mol. The summed E-state index contributed by atoms with van der Waals surface area (Å²) >= 11 is 2.34. The van der Waals surface area contributed by atoms with Gasteiger partial charge in [0, 0.05) is 32.3 Å². The third kappa shape index (κ3) is 4.75. The van der Waals surface area contributed by atoms with Crippen LogP contribution >= 0.6 is 22.6 Å². The highest BCUT2D eigenvalue weighted by Crippen LogP contribution is 2.28. The first-order chi connectivity index (χ1) is 15.6. The van der Waals surface area contributed by atoms with Crippen LogP contribution in [0.4, 0.5) is 0 Å². The fourth-order valence-electron chi connectivity index (χ4n) is 3.83. The van der Waals surface area contributed by atoms with Gasteiger partial charge < -0.3 is 19.5 Å². The molecule has 4 rings (SSSR count). The molecule has 4 aromatic rings. The molecule has 0 bridgehead atoms. The lowest BCUT2D eigenvalue weighted by Crippen LogP contribution is -2.06. The van der Waals surface area contributed by atoms with Crippen LogP contribution in [0.15, 0.2) is 71.8 Å². The average molecular weight is 539 g/mol. The molecule has 1 N–H and O–H groups in total. The average Bonchev–Trinajstić information content (AvgIpc) is 3.08. The Morgan fingerprint density at radius 1 is 0.938 bits per heavy atom. The number of hydrogen-bond donors (Lipinski definition) is 1. The number of aromatic nitrogens is 1. The number of hydrogen-bond acceptors (Lipinski definition) is 4. The number of rotatable bonds is 8. The van der Waals surface area contributed by atoms with Crippen molar-refractivity contribution in [3.05, 3.63) is 92.7 Å². The van der Waals surface area contributed by atoms with Gasteiger partial charge in [0.15, 0.2) is 11.5 Å². The van der Waals surface area contributed by atoms with Crippen molar-refractivity contribution in [2.45, 2.75) is 20.0 Å². The van der Waals surface area contributed by atoms with Crippen LogP contribution in [0, 0.1) is 10.5 Å². The van der Waals surface area contributed by atoms with Crippen molar-refractivity contribution >= 4 is 39.7 Å². The standard InChI is InChI=1S/C26H26IN3O2/c1-18-23(16-29-28-15-20-10-13-25(31-2)26(14-20)32-3)22-6-4-5-7-24(22)30(18)17-19-8-11-21(27)12-9-19/h4-14,16,28H,15,17H2,1-3H3/b29-16+. The van der Waals surface area contributed by atoms with E-state index in [4.69, 9.17) is 9.47 Å². The molecule has 5 nitrogen and oxygen atoms in total. The summed E-state index contributed by atoms with van der Waals surface area (Å²) in [7, 11) is 3.28. The number of methoxy groups -OCH3 is 2.